The summed E-state index contributed by atoms with van der Waals surface area (Å²) in [5.74, 6) is 0. The Labute approximate surface area is 137 Å². The lowest BCUT2D eigenvalue weighted by Gasteiger charge is -2.09. The maximum atomic E-state index is 6.05. The summed E-state index contributed by atoms with van der Waals surface area (Å²) in [6, 6.07) is 5.34. The third-order valence-electron chi connectivity index (χ3n) is 2.72. The van der Waals surface area contributed by atoms with Gasteiger partial charge in [-0.15, -0.1) is 0 Å². The lowest BCUT2D eigenvalue weighted by atomic mass is 10.1. The molecule has 21 heavy (non-hydrogen) atoms. The second kappa shape index (κ2) is 7.40. The zero-order valence-corrected chi connectivity index (χ0v) is 13.3. The summed E-state index contributed by atoms with van der Waals surface area (Å²) in [6.45, 7) is 0.720. The third-order valence-corrected chi connectivity index (χ3v) is 3.55. The van der Waals surface area contributed by atoms with E-state index in [0.717, 1.165) is 17.8 Å². The zero-order chi connectivity index (χ0) is 15.2. The van der Waals surface area contributed by atoms with E-state index in [2.05, 4.69) is 15.5 Å². The lowest BCUT2D eigenvalue weighted by Crippen LogP contribution is -2.26. The van der Waals surface area contributed by atoms with Crippen molar-refractivity contribution in [2.24, 2.45) is 10.8 Å². The lowest BCUT2D eigenvalue weighted by molar-refractivity contribution is 0.721. The summed E-state index contributed by atoms with van der Waals surface area (Å²) in [7, 11) is 0. The van der Waals surface area contributed by atoms with Crippen LogP contribution >= 0.6 is 35.4 Å². The standard InChI is InChI=1S/C13H13Cl2N5S/c14-10-2-1-9(7-11(10)15)12(18-19-13(16)21)3-5-20-6-4-17-8-20/h1-2,4,6-8H,3,5H2,(H3,16,19,21)/b18-12+. The molecule has 3 N–H and O–H groups in total. The summed E-state index contributed by atoms with van der Waals surface area (Å²) in [5.41, 5.74) is 9.65. The van der Waals surface area contributed by atoms with Crippen molar-refractivity contribution in [1.82, 2.24) is 15.0 Å². The molecule has 0 aliphatic heterocycles. The number of aryl methyl sites for hydroxylation is 1. The second-order valence-electron chi connectivity index (χ2n) is 4.21. The largest absolute Gasteiger partial charge is 0.375 e. The van der Waals surface area contributed by atoms with E-state index >= 15 is 0 Å². The maximum absolute atomic E-state index is 6.05. The Morgan fingerprint density at radius 3 is 2.81 bits per heavy atom. The van der Waals surface area contributed by atoms with Crippen molar-refractivity contribution < 1.29 is 0 Å². The third kappa shape index (κ3) is 4.70. The predicted molar refractivity (Wildman–Crippen MR) is 89.8 cm³/mol. The summed E-state index contributed by atoms with van der Waals surface area (Å²) in [6.07, 6.45) is 6.01. The number of aromatic nitrogens is 2. The van der Waals surface area contributed by atoms with Crippen molar-refractivity contribution in [2.75, 3.05) is 0 Å². The number of thiocarbonyl (C=S) groups is 1. The van der Waals surface area contributed by atoms with E-state index in [4.69, 9.17) is 41.2 Å². The summed E-state index contributed by atoms with van der Waals surface area (Å²) in [4.78, 5) is 4.00. The van der Waals surface area contributed by atoms with Crippen molar-refractivity contribution in [3.05, 3.63) is 52.5 Å². The minimum Gasteiger partial charge on any atom is -0.375 e. The van der Waals surface area contributed by atoms with Crippen LogP contribution in [0.3, 0.4) is 0 Å². The Kier molecular flexibility index (Phi) is 5.55. The SMILES string of the molecule is NC(=S)N/N=C(\CCn1ccnc1)c1ccc(Cl)c(Cl)c1. The van der Waals surface area contributed by atoms with Crippen LogP contribution in [0.5, 0.6) is 0 Å². The Morgan fingerprint density at radius 2 is 2.19 bits per heavy atom. The number of imidazole rings is 1. The molecule has 5 nitrogen and oxygen atoms in total. The molecule has 1 aromatic carbocycles. The smallest absolute Gasteiger partial charge is 0.184 e. The summed E-state index contributed by atoms with van der Waals surface area (Å²) >= 11 is 16.7. The van der Waals surface area contributed by atoms with Gasteiger partial charge in [-0.25, -0.2) is 4.98 Å². The Morgan fingerprint density at radius 1 is 1.38 bits per heavy atom. The summed E-state index contributed by atoms with van der Waals surface area (Å²) < 4.78 is 1.95. The number of hydrazone groups is 1. The fourth-order valence-electron chi connectivity index (χ4n) is 1.72. The fraction of sp³-hybridized carbons (Fsp3) is 0.154. The van der Waals surface area contributed by atoms with Gasteiger partial charge in [0.1, 0.15) is 0 Å². The van der Waals surface area contributed by atoms with Crippen LogP contribution in [-0.2, 0) is 6.54 Å². The van der Waals surface area contributed by atoms with Gasteiger partial charge in [0, 0.05) is 25.4 Å². The first-order valence-corrected chi connectivity index (χ1v) is 7.26. The van der Waals surface area contributed by atoms with Crippen molar-refractivity contribution >= 4 is 46.2 Å². The number of nitrogens with two attached hydrogens (primary N) is 1. The molecule has 0 amide bonds. The van der Waals surface area contributed by atoms with Gasteiger partial charge in [0.2, 0.25) is 0 Å². The van der Waals surface area contributed by atoms with Crippen LogP contribution in [0.1, 0.15) is 12.0 Å². The minimum absolute atomic E-state index is 0.107. The molecule has 2 aromatic rings. The number of benzene rings is 1. The average Bonchev–Trinajstić information content (AvgIpc) is 2.95. The second-order valence-corrected chi connectivity index (χ2v) is 5.47. The molecule has 0 unspecified atom stereocenters. The van der Waals surface area contributed by atoms with Crippen molar-refractivity contribution in [1.29, 1.82) is 0 Å². The van der Waals surface area contributed by atoms with Gasteiger partial charge in [0.05, 0.1) is 22.1 Å². The van der Waals surface area contributed by atoms with E-state index < -0.39 is 0 Å². The van der Waals surface area contributed by atoms with Gasteiger partial charge in [-0.05, 0) is 29.9 Å². The van der Waals surface area contributed by atoms with Gasteiger partial charge >= 0.3 is 0 Å². The highest BCUT2D eigenvalue weighted by Crippen LogP contribution is 2.23. The van der Waals surface area contributed by atoms with Crippen LogP contribution in [0.2, 0.25) is 10.0 Å². The van der Waals surface area contributed by atoms with Gasteiger partial charge in [-0.1, -0.05) is 29.3 Å². The quantitative estimate of drug-likeness (QED) is 0.498. The molecule has 0 atom stereocenters. The molecule has 1 heterocycles. The molecule has 0 fully saturated rings. The van der Waals surface area contributed by atoms with Crippen molar-refractivity contribution in [3.8, 4) is 0 Å². The summed E-state index contributed by atoms with van der Waals surface area (Å²) in [5, 5.41) is 5.30. The fourth-order valence-corrected chi connectivity index (χ4v) is 2.06. The molecule has 0 saturated carbocycles. The number of nitrogens with one attached hydrogen (secondary N) is 1. The number of hydrogen-bond acceptors (Lipinski definition) is 3. The van der Waals surface area contributed by atoms with E-state index in [1.165, 1.54) is 0 Å². The van der Waals surface area contributed by atoms with Gasteiger partial charge < -0.3 is 10.3 Å². The number of nitrogens with zero attached hydrogens (tertiary/aromatic N) is 3. The highest BCUT2D eigenvalue weighted by molar-refractivity contribution is 7.80. The molecule has 2 rings (SSSR count). The molecule has 0 spiro atoms. The van der Waals surface area contributed by atoms with Gasteiger partial charge in [-0.3, -0.25) is 5.43 Å². The van der Waals surface area contributed by atoms with Crippen LogP contribution in [-0.4, -0.2) is 20.4 Å². The monoisotopic (exact) mass is 341 g/mol. The van der Waals surface area contributed by atoms with E-state index in [1.54, 1.807) is 24.7 Å². The number of halogens is 2. The van der Waals surface area contributed by atoms with Crippen LogP contribution in [0.25, 0.3) is 0 Å². The molecule has 110 valence electrons. The topological polar surface area (TPSA) is 68.2 Å². The van der Waals surface area contributed by atoms with E-state index in [1.807, 2.05) is 16.8 Å². The normalized spacial score (nSPS) is 11.4. The zero-order valence-electron chi connectivity index (χ0n) is 11.0. The van der Waals surface area contributed by atoms with Crippen LogP contribution < -0.4 is 11.2 Å². The molecule has 1 aromatic heterocycles. The van der Waals surface area contributed by atoms with E-state index in [9.17, 15) is 0 Å². The van der Waals surface area contributed by atoms with Crippen LogP contribution in [0, 0.1) is 0 Å². The number of hydrogen-bond donors (Lipinski definition) is 2. The van der Waals surface area contributed by atoms with Gasteiger partial charge in [-0.2, -0.15) is 5.10 Å². The van der Waals surface area contributed by atoms with Crippen molar-refractivity contribution in [2.45, 2.75) is 13.0 Å². The van der Waals surface area contributed by atoms with Gasteiger partial charge in [0.25, 0.3) is 0 Å². The van der Waals surface area contributed by atoms with Gasteiger partial charge in [0.15, 0.2) is 5.11 Å². The molecule has 0 bridgehead atoms. The first-order chi connectivity index (χ1) is 10.1. The first-order valence-electron chi connectivity index (χ1n) is 6.09. The first kappa shape index (κ1) is 15.8. The van der Waals surface area contributed by atoms with E-state index in [0.29, 0.717) is 16.5 Å². The molecule has 0 aliphatic rings. The molecule has 8 heteroatoms. The molecular weight excluding hydrogens is 329 g/mol. The minimum atomic E-state index is 0.107. The van der Waals surface area contributed by atoms with Crippen LogP contribution in [0.15, 0.2) is 42.0 Å². The molecule has 0 aliphatic carbocycles. The highest BCUT2D eigenvalue weighted by Gasteiger charge is 2.07. The molecular formula is C13H13Cl2N5S. The van der Waals surface area contributed by atoms with Crippen LogP contribution in [0.4, 0.5) is 0 Å². The predicted octanol–water partition coefficient (Wildman–Crippen LogP) is 2.82. The van der Waals surface area contributed by atoms with Crippen molar-refractivity contribution in [3.63, 3.8) is 0 Å². The number of rotatable bonds is 5. The van der Waals surface area contributed by atoms with E-state index in [-0.39, 0.29) is 5.11 Å². The Hall–Kier alpha value is -1.63. The Bertz CT molecular complexity index is 655. The Balaban J connectivity index is 2.20. The average molecular weight is 342 g/mol. The molecule has 0 radical (unpaired) electrons. The maximum Gasteiger partial charge on any atom is 0.184 e. The highest BCUT2D eigenvalue weighted by atomic mass is 35.5. The molecule has 0 saturated heterocycles.